The first kappa shape index (κ1) is 38.2. The number of hydrogen-bond donors (Lipinski definition) is 1. The molecule has 48 heavy (non-hydrogen) atoms. The zero-order chi connectivity index (χ0) is 35.8. The van der Waals surface area contributed by atoms with Gasteiger partial charge in [-0.15, -0.1) is 0 Å². The minimum atomic E-state index is -4.48. The molecule has 0 saturated heterocycles. The molecule has 0 spiro atoms. The Balaban J connectivity index is 0.000000260. The first-order valence-electron chi connectivity index (χ1n) is 14.4. The molecule has 0 aromatic heterocycles. The van der Waals surface area contributed by atoms with E-state index in [1.807, 2.05) is 19.9 Å². The van der Waals surface area contributed by atoms with Crippen molar-refractivity contribution in [3.05, 3.63) is 127 Å². The lowest BCUT2D eigenvalue weighted by atomic mass is 9.97. The first-order valence-corrected chi connectivity index (χ1v) is 15.2. The average molecular weight is 716 g/mol. The van der Waals surface area contributed by atoms with Crippen LogP contribution in [-0.4, -0.2) is 16.9 Å². The van der Waals surface area contributed by atoms with Crippen LogP contribution in [0.15, 0.2) is 72.8 Å². The number of halogens is 8. The molecule has 4 aromatic rings. The Morgan fingerprint density at radius 1 is 0.667 bits per heavy atom. The van der Waals surface area contributed by atoms with Crippen LogP contribution in [-0.2, 0) is 38.4 Å². The lowest BCUT2D eigenvalue weighted by molar-refractivity contribution is -0.138. The zero-order valence-electron chi connectivity index (χ0n) is 25.9. The van der Waals surface area contributed by atoms with Gasteiger partial charge in [-0.25, -0.2) is 4.79 Å². The summed E-state index contributed by atoms with van der Waals surface area (Å²) in [7, 11) is 0. The van der Waals surface area contributed by atoms with Crippen molar-refractivity contribution in [1.82, 2.24) is 0 Å². The van der Waals surface area contributed by atoms with Crippen molar-refractivity contribution < 1.29 is 50.5 Å². The van der Waals surface area contributed by atoms with E-state index in [0.717, 1.165) is 41.5 Å². The second-order valence-electron chi connectivity index (χ2n) is 10.3. The van der Waals surface area contributed by atoms with Crippen LogP contribution in [0.4, 0.5) is 26.3 Å². The number of ketones is 1. The number of Topliss-reactive ketones (excluding diaryl/α,β-unsaturated/α-hetero) is 1. The summed E-state index contributed by atoms with van der Waals surface area (Å²) in [6, 6.07) is 15.9. The van der Waals surface area contributed by atoms with Gasteiger partial charge >= 0.3 is 18.3 Å². The third-order valence-corrected chi connectivity index (χ3v) is 7.74. The van der Waals surface area contributed by atoms with Crippen molar-refractivity contribution in [3.8, 4) is 11.5 Å². The summed E-state index contributed by atoms with van der Waals surface area (Å²) in [6.07, 6.45) is -7.79. The highest BCUT2D eigenvalue weighted by molar-refractivity contribution is 6.32. The highest BCUT2D eigenvalue weighted by atomic mass is 35.5. The Morgan fingerprint density at radius 2 is 1.06 bits per heavy atom. The topological polar surface area (TPSA) is 72.8 Å². The van der Waals surface area contributed by atoms with E-state index in [1.165, 1.54) is 19.1 Å². The molecule has 0 unspecified atom stereocenters. The molecule has 0 saturated carbocycles. The molecule has 0 aliphatic rings. The van der Waals surface area contributed by atoms with Crippen LogP contribution in [0.25, 0.3) is 0 Å². The van der Waals surface area contributed by atoms with Crippen LogP contribution in [0, 0.1) is 0 Å². The molecule has 0 aliphatic carbocycles. The molecule has 0 bridgehead atoms. The maximum absolute atomic E-state index is 12.6. The predicted molar refractivity (Wildman–Crippen MR) is 170 cm³/mol. The molecule has 4 rings (SSSR count). The van der Waals surface area contributed by atoms with Crippen LogP contribution in [0.5, 0.6) is 11.5 Å². The molecule has 4 aromatic carbocycles. The molecule has 0 amide bonds. The van der Waals surface area contributed by atoms with Crippen LogP contribution in [0.3, 0.4) is 0 Å². The van der Waals surface area contributed by atoms with Crippen LogP contribution in [0.1, 0.15) is 74.9 Å². The summed E-state index contributed by atoms with van der Waals surface area (Å²) in [5.41, 5.74) is 2.06. The molecule has 0 fully saturated rings. The van der Waals surface area contributed by atoms with Crippen molar-refractivity contribution in [1.29, 1.82) is 0 Å². The summed E-state index contributed by atoms with van der Waals surface area (Å²) in [6.45, 7) is 5.36. The molecule has 5 nitrogen and oxygen atoms in total. The van der Waals surface area contributed by atoms with Gasteiger partial charge in [-0.1, -0.05) is 67.4 Å². The smallest absolute Gasteiger partial charge is 0.416 e. The van der Waals surface area contributed by atoms with Gasteiger partial charge in [0.15, 0.2) is 5.78 Å². The highest BCUT2D eigenvalue weighted by Gasteiger charge is 2.32. The molecule has 0 aliphatic heterocycles. The highest BCUT2D eigenvalue weighted by Crippen LogP contribution is 2.36. The van der Waals surface area contributed by atoms with E-state index in [2.05, 4.69) is 0 Å². The minimum Gasteiger partial charge on any atom is -0.487 e. The number of carbonyl (C=O) groups is 2. The van der Waals surface area contributed by atoms with Gasteiger partial charge in [0.2, 0.25) is 0 Å². The van der Waals surface area contributed by atoms with Crippen LogP contribution in [0.2, 0.25) is 10.0 Å². The molecule has 0 radical (unpaired) electrons. The SMILES string of the molecule is CCc1c(COc2ccc(C(F)(F)F)cc2Cl)cccc1C(=O)O.CCc1c(COc2ccc(C(F)(F)F)cc2Cl)cccc1C(C)=O. The first-order chi connectivity index (χ1) is 22.5. The van der Waals surface area contributed by atoms with Crippen LogP contribution < -0.4 is 9.47 Å². The maximum atomic E-state index is 12.6. The Morgan fingerprint density at radius 3 is 1.40 bits per heavy atom. The van der Waals surface area contributed by atoms with Gasteiger partial charge in [0.25, 0.3) is 0 Å². The number of carboxylic acids is 1. The maximum Gasteiger partial charge on any atom is 0.416 e. The minimum absolute atomic E-state index is 0.00930. The van der Waals surface area contributed by atoms with Crippen molar-refractivity contribution in [2.24, 2.45) is 0 Å². The van der Waals surface area contributed by atoms with Gasteiger partial charge in [0, 0.05) is 5.56 Å². The van der Waals surface area contributed by atoms with Gasteiger partial charge in [-0.3, -0.25) is 4.79 Å². The van der Waals surface area contributed by atoms with Crippen molar-refractivity contribution in [2.75, 3.05) is 0 Å². The Bertz CT molecular complexity index is 1640. The fraction of sp³-hybridized carbons (Fsp3) is 0.257. The largest absolute Gasteiger partial charge is 0.487 e. The summed E-state index contributed by atoms with van der Waals surface area (Å²) < 4.78 is 86.8. The third kappa shape index (κ3) is 9.90. The number of carboxylic acid groups (broad SMARTS) is 1. The van der Waals surface area contributed by atoms with E-state index < -0.39 is 29.4 Å². The lowest BCUT2D eigenvalue weighted by Crippen LogP contribution is -2.08. The van der Waals surface area contributed by atoms with Gasteiger partial charge in [-0.2, -0.15) is 26.3 Å². The quantitative estimate of drug-likeness (QED) is 0.131. The molecular weight excluding hydrogens is 685 g/mol. The number of rotatable bonds is 10. The molecule has 0 atom stereocenters. The number of ether oxygens (including phenoxy) is 2. The second-order valence-corrected chi connectivity index (χ2v) is 11.1. The molecule has 256 valence electrons. The van der Waals surface area contributed by atoms with Crippen molar-refractivity contribution in [3.63, 3.8) is 0 Å². The molecule has 0 heterocycles. The Labute approximate surface area is 283 Å². The summed E-state index contributed by atoms with van der Waals surface area (Å²) in [5, 5.41) is 8.93. The predicted octanol–water partition coefficient (Wildman–Crippen LogP) is 10.9. The number of hydrogen-bond acceptors (Lipinski definition) is 4. The number of carbonyl (C=O) groups excluding carboxylic acids is 1. The number of benzene rings is 4. The van der Waals surface area contributed by atoms with E-state index in [4.69, 9.17) is 32.7 Å². The normalized spacial score (nSPS) is 11.4. The summed E-state index contributed by atoms with van der Waals surface area (Å²) in [5.74, 6) is -0.810. The van der Waals surface area contributed by atoms with Crippen LogP contribution >= 0.6 is 23.2 Å². The van der Waals surface area contributed by atoms with Crippen molar-refractivity contribution >= 4 is 35.0 Å². The standard InChI is InChI=1S/C18H16ClF3O2.C17H14ClF3O3/c1-3-14-12(5-4-6-15(14)11(2)23)10-24-17-8-7-13(9-16(17)19)18(20,21)22;1-2-12-10(4-3-5-13(12)16(22)23)9-24-15-7-6-11(8-14(15)18)17(19,20)21/h4-9H,3,10H2,1-2H3;3-8H,2,9H2,1H3,(H,22,23). The second kappa shape index (κ2) is 16.3. The number of aromatic carboxylic acids is 1. The Hall–Kier alpha value is -4.22. The fourth-order valence-corrected chi connectivity index (χ4v) is 5.27. The van der Waals surface area contributed by atoms with E-state index in [-0.39, 0.29) is 46.1 Å². The van der Waals surface area contributed by atoms with Gasteiger partial charge in [0.1, 0.15) is 24.7 Å². The monoisotopic (exact) mass is 714 g/mol. The summed E-state index contributed by atoms with van der Waals surface area (Å²) >= 11 is 11.7. The third-order valence-electron chi connectivity index (χ3n) is 7.15. The lowest BCUT2D eigenvalue weighted by Gasteiger charge is -2.14. The van der Waals surface area contributed by atoms with Crippen molar-refractivity contribution in [2.45, 2.75) is 59.2 Å². The van der Waals surface area contributed by atoms with Gasteiger partial charge in [0.05, 0.1) is 26.7 Å². The van der Waals surface area contributed by atoms with E-state index >= 15 is 0 Å². The molecule has 13 heteroatoms. The van der Waals surface area contributed by atoms with E-state index in [1.54, 1.807) is 24.3 Å². The number of alkyl halides is 6. The van der Waals surface area contributed by atoms with E-state index in [0.29, 0.717) is 29.5 Å². The summed E-state index contributed by atoms with van der Waals surface area (Å²) in [4.78, 5) is 22.9. The fourth-order valence-electron chi connectivity index (χ4n) is 4.80. The van der Waals surface area contributed by atoms with E-state index in [9.17, 15) is 41.0 Å². The van der Waals surface area contributed by atoms with Gasteiger partial charge in [-0.05, 0) is 84.5 Å². The van der Waals surface area contributed by atoms with Gasteiger partial charge < -0.3 is 14.6 Å². The zero-order valence-corrected chi connectivity index (χ0v) is 27.4. The molecule has 1 N–H and O–H groups in total. The molecular formula is C35H30Cl2F6O5. The average Bonchev–Trinajstić information content (AvgIpc) is 3.02. The Kier molecular flexibility index (Phi) is 12.9.